The Balaban J connectivity index is 2.75. The van der Waals surface area contributed by atoms with Crippen molar-refractivity contribution in [2.24, 2.45) is 5.73 Å². The molecule has 0 aliphatic carbocycles. The van der Waals surface area contributed by atoms with E-state index in [1.165, 1.54) is 18.5 Å². The van der Waals surface area contributed by atoms with E-state index < -0.39 is 18.1 Å². The molecule has 1 rings (SSSR count). The molecule has 0 aliphatic rings. The molecule has 1 aromatic heterocycles. The molecule has 0 aliphatic heterocycles. The van der Waals surface area contributed by atoms with Gasteiger partial charge in [0.05, 0.1) is 18.2 Å². The van der Waals surface area contributed by atoms with Gasteiger partial charge in [-0.1, -0.05) is 0 Å². The predicted octanol–water partition coefficient (Wildman–Crippen LogP) is -1.07. The van der Waals surface area contributed by atoms with Crippen molar-refractivity contribution in [3.8, 4) is 0 Å². The Kier molecular flexibility index (Phi) is 3.59. The summed E-state index contributed by atoms with van der Waals surface area (Å²) in [6.07, 6.45) is 0.0114. The summed E-state index contributed by atoms with van der Waals surface area (Å²) in [5.74, 6) is -0.682. The van der Waals surface area contributed by atoms with Crippen LogP contribution in [0.2, 0.25) is 0 Å². The molecule has 82 valence electrons. The zero-order valence-corrected chi connectivity index (χ0v) is 8.00. The standard InChI is InChI=1S/C9H13N3O3/c10-6-1-5(3-12-4-6)9(15)7(13)2-8(11)14/h1,3-4,7,9,13,15H,2,10H2,(H2,11,14). The molecular weight excluding hydrogens is 198 g/mol. The van der Waals surface area contributed by atoms with E-state index in [2.05, 4.69) is 4.98 Å². The SMILES string of the molecule is NC(=O)CC(O)C(O)c1cncc(N)c1. The maximum atomic E-state index is 10.5. The molecule has 6 N–H and O–H groups in total. The van der Waals surface area contributed by atoms with Crippen molar-refractivity contribution >= 4 is 11.6 Å². The molecule has 6 nitrogen and oxygen atoms in total. The minimum Gasteiger partial charge on any atom is -0.397 e. The molecule has 2 unspecified atom stereocenters. The first-order chi connectivity index (χ1) is 7.00. The number of aliphatic hydroxyl groups excluding tert-OH is 2. The van der Waals surface area contributed by atoms with Crippen molar-refractivity contribution in [1.29, 1.82) is 0 Å². The smallest absolute Gasteiger partial charge is 0.220 e. The van der Waals surface area contributed by atoms with Gasteiger partial charge < -0.3 is 21.7 Å². The van der Waals surface area contributed by atoms with Crippen LogP contribution in [0.25, 0.3) is 0 Å². The first-order valence-electron chi connectivity index (χ1n) is 4.35. The molecule has 0 saturated carbocycles. The summed E-state index contributed by atoms with van der Waals surface area (Å²) in [6.45, 7) is 0. The largest absolute Gasteiger partial charge is 0.397 e. The molecule has 0 fully saturated rings. The van der Waals surface area contributed by atoms with Gasteiger partial charge in [-0.2, -0.15) is 0 Å². The van der Waals surface area contributed by atoms with Gasteiger partial charge in [0.2, 0.25) is 5.91 Å². The third-order valence-electron chi connectivity index (χ3n) is 1.90. The summed E-state index contributed by atoms with van der Waals surface area (Å²) in [4.78, 5) is 14.3. The minimum absolute atomic E-state index is 0.310. The number of amides is 1. The third-order valence-corrected chi connectivity index (χ3v) is 1.90. The fraction of sp³-hybridized carbons (Fsp3) is 0.333. The monoisotopic (exact) mass is 211 g/mol. The maximum Gasteiger partial charge on any atom is 0.220 e. The second kappa shape index (κ2) is 4.72. The van der Waals surface area contributed by atoms with Crippen LogP contribution < -0.4 is 11.5 Å². The predicted molar refractivity (Wildman–Crippen MR) is 53.4 cm³/mol. The topological polar surface area (TPSA) is 122 Å². The van der Waals surface area contributed by atoms with Gasteiger partial charge in [0.25, 0.3) is 0 Å². The number of hydrogen-bond acceptors (Lipinski definition) is 5. The van der Waals surface area contributed by atoms with Crippen molar-refractivity contribution in [2.75, 3.05) is 5.73 Å². The maximum absolute atomic E-state index is 10.5. The molecule has 0 saturated heterocycles. The van der Waals surface area contributed by atoms with Gasteiger partial charge in [-0.25, -0.2) is 0 Å². The number of aliphatic hydroxyl groups is 2. The van der Waals surface area contributed by atoms with Gasteiger partial charge in [-0.15, -0.1) is 0 Å². The van der Waals surface area contributed by atoms with Crippen molar-refractivity contribution < 1.29 is 15.0 Å². The van der Waals surface area contributed by atoms with E-state index in [4.69, 9.17) is 11.5 Å². The highest BCUT2D eigenvalue weighted by Crippen LogP contribution is 2.19. The molecule has 0 radical (unpaired) electrons. The highest BCUT2D eigenvalue weighted by atomic mass is 16.3. The zero-order valence-electron chi connectivity index (χ0n) is 8.00. The van der Waals surface area contributed by atoms with Gasteiger partial charge in [-0.3, -0.25) is 9.78 Å². The minimum atomic E-state index is -1.24. The van der Waals surface area contributed by atoms with Crippen LogP contribution in [-0.2, 0) is 4.79 Å². The Bertz CT molecular complexity index is 356. The second-order valence-corrected chi connectivity index (χ2v) is 3.23. The fourth-order valence-electron chi connectivity index (χ4n) is 1.18. The van der Waals surface area contributed by atoms with E-state index in [9.17, 15) is 15.0 Å². The van der Waals surface area contributed by atoms with Crippen molar-refractivity contribution in [3.63, 3.8) is 0 Å². The number of rotatable bonds is 4. The van der Waals surface area contributed by atoms with E-state index in [1.807, 2.05) is 0 Å². The Morgan fingerprint density at radius 2 is 2.13 bits per heavy atom. The number of carbonyl (C=O) groups is 1. The third kappa shape index (κ3) is 3.19. The number of nitrogen functional groups attached to an aromatic ring is 1. The van der Waals surface area contributed by atoms with Crippen LogP contribution in [-0.4, -0.2) is 27.2 Å². The molecule has 0 spiro atoms. The summed E-state index contributed by atoms with van der Waals surface area (Å²) in [5.41, 5.74) is 11.1. The van der Waals surface area contributed by atoms with Crippen molar-refractivity contribution in [3.05, 3.63) is 24.0 Å². The average molecular weight is 211 g/mol. The van der Waals surface area contributed by atoms with Crippen LogP contribution in [0.4, 0.5) is 5.69 Å². The lowest BCUT2D eigenvalue weighted by Gasteiger charge is -2.16. The lowest BCUT2D eigenvalue weighted by atomic mass is 10.0. The van der Waals surface area contributed by atoms with Crippen molar-refractivity contribution in [1.82, 2.24) is 4.98 Å². The molecule has 0 bridgehead atoms. The Morgan fingerprint density at radius 3 is 2.67 bits per heavy atom. The molecule has 15 heavy (non-hydrogen) atoms. The van der Waals surface area contributed by atoms with Crippen LogP contribution >= 0.6 is 0 Å². The van der Waals surface area contributed by atoms with Gasteiger partial charge in [0.1, 0.15) is 6.10 Å². The number of nitrogens with zero attached hydrogens (tertiary/aromatic N) is 1. The highest BCUT2D eigenvalue weighted by molar-refractivity contribution is 5.74. The molecule has 0 aromatic carbocycles. The average Bonchev–Trinajstić information content (AvgIpc) is 2.15. The molecule has 1 aromatic rings. The van der Waals surface area contributed by atoms with E-state index in [1.54, 1.807) is 0 Å². The Labute approximate surface area is 86.5 Å². The molecule has 1 amide bonds. The summed E-state index contributed by atoms with van der Waals surface area (Å²) < 4.78 is 0. The molecule has 6 heteroatoms. The number of carbonyl (C=O) groups excluding carboxylic acids is 1. The number of aromatic nitrogens is 1. The molecular formula is C9H13N3O3. The van der Waals surface area contributed by atoms with E-state index in [0.717, 1.165) is 0 Å². The van der Waals surface area contributed by atoms with Gasteiger partial charge in [0.15, 0.2) is 0 Å². The Hall–Kier alpha value is -1.66. The number of pyridine rings is 1. The van der Waals surface area contributed by atoms with E-state index in [0.29, 0.717) is 11.3 Å². The molecule has 1 heterocycles. The summed E-state index contributed by atoms with van der Waals surface area (Å²) >= 11 is 0. The van der Waals surface area contributed by atoms with Crippen molar-refractivity contribution in [2.45, 2.75) is 18.6 Å². The first kappa shape index (κ1) is 11.4. The number of primary amides is 1. The number of anilines is 1. The van der Waals surface area contributed by atoms with E-state index in [-0.39, 0.29) is 6.42 Å². The zero-order chi connectivity index (χ0) is 11.4. The Morgan fingerprint density at radius 1 is 1.47 bits per heavy atom. The summed E-state index contributed by atoms with van der Waals surface area (Å²) in [6, 6.07) is 1.47. The van der Waals surface area contributed by atoms with Crippen LogP contribution in [0, 0.1) is 0 Å². The summed E-state index contributed by atoms with van der Waals surface area (Å²) in [5, 5.41) is 19.0. The van der Waals surface area contributed by atoms with Crippen LogP contribution in [0.15, 0.2) is 18.5 Å². The van der Waals surface area contributed by atoms with Crippen LogP contribution in [0.1, 0.15) is 18.1 Å². The van der Waals surface area contributed by atoms with Gasteiger partial charge in [-0.05, 0) is 6.07 Å². The fourth-order valence-corrected chi connectivity index (χ4v) is 1.18. The lowest BCUT2D eigenvalue weighted by molar-refractivity contribution is -0.121. The quantitative estimate of drug-likeness (QED) is 0.505. The lowest BCUT2D eigenvalue weighted by Crippen LogP contribution is -2.25. The number of hydrogen-bond donors (Lipinski definition) is 4. The number of nitrogens with two attached hydrogens (primary N) is 2. The first-order valence-corrected chi connectivity index (χ1v) is 4.35. The van der Waals surface area contributed by atoms with Crippen LogP contribution in [0.3, 0.4) is 0 Å². The van der Waals surface area contributed by atoms with E-state index >= 15 is 0 Å². The van der Waals surface area contributed by atoms with Gasteiger partial charge >= 0.3 is 0 Å². The molecule has 2 atom stereocenters. The second-order valence-electron chi connectivity index (χ2n) is 3.23. The summed E-state index contributed by atoms with van der Waals surface area (Å²) in [7, 11) is 0. The normalized spacial score (nSPS) is 14.5. The van der Waals surface area contributed by atoms with Gasteiger partial charge in [0, 0.05) is 18.0 Å². The highest BCUT2D eigenvalue weighted by Gasteiger charge is 2.20. The van der Waals surface area contributed by atoms with Crippen LogP contribution in [0.5, 0.6) is 0 Å².